The van der Waals surface area contributed by atoms with E-state index in [2.05, 4.69) is 0 Å². The standard InChI is InChI=1S/C15H24O4/c16-15(12-4-2-1-3-5-12)19-17-10-14-11-6-8-13(18-14)9-7-11/h11-14H,1-10H2. The molecule has 0 spiro atoms. The summed E-state index contributed by atoms with van der Waals surface area (Å²) in [6.07, 6.45) is 10.8. The zero-order chi connectivity index (χ0) is 13.1. The highest BCUT2D eigenvalue weighted by Gasteiger charge is 2.37. The molecule has 4 nitrogen and oxygen atoms in total. The maximum absolute atomic E-state index is 11.8. The van der Waals surface area contributed by atoms with Gasteiger partial charge < -0.3 is 4.74 Å². The van der Waals surface area contributed by atoms with E-state index in [-0.39, 0.29) is 18.0 Å². The molecular formula is C15H24O4. The lowest BCUT2D eigenvalue weighted by Gasteiger charge is -2.41. The molecule has 2 saturated carbocycles. The number of hydrogen-bond donors (Lipinski definition) is 0. The van der Waals surface area contributed by atoms with Gasteiger partial charge in [-0.1, -0.05) is 19.3 Å². The Kier molecular flexibility index (Phi) is 4.38. The molecule has 2 saturated heterocycles. The molecule has 2 aliphatic carbocycles. The van der Waals surface area contributed by atoms with Crippen molar-refractivity contribution in [1.82, 2.24) is 0 Å². The highest BCUT2D eigenvalue weighted by molar-refractivity contribution is 5.71. The molecule has 0 aromatic rings. The number of carbonyl (C=O) groups excluding carboxylic acids is 1. The minimum atomic E-state index is -0.180. The van der Waals surface area contributed by atoms with Gasteiger partial charge in [0, 0.05) is 0 Å². The fourth-order valence-electron chi connectivity index (χ4n) is 3.70. The maximum Gasteiger partial charge on any atom is 0.345 e. The van der Waals surface area contributed by atoms with Crippen molar-refractivity contribution in [2.45, 2.75) is 70.0 Å². The van der Waals surface area contributed by atoms with Gasteiger partial charge in [0.05, 0.1) is 18.1 Å². The van der Waals surface area contributed by atoms with Crippen LogP contribution in [0.3, 0.4) is 0 Å². The van der Waals surface area contributed by atoms with Crippen LogP contribution in [0.15, 0.2) is 0 Å². The summed E-state index contributed by atoms with van der Waals surface area (Å²) < 4.78 is 5.90. The third-order valence-corrected chi connectivity index (χ3v) is 4.92. The number of ether oxygens (including phenoxy) is 1. The average molecular weight is 268 g/mol. The molecule has 0 aromatic carbocycles. The van der Waals surface area contributed by atoms with E-state index in [1.54, 1.807) is 0 Å². The molecule has 1 unspecified atom stereocenters. The van der Waals surface area contributed by atoms with Crippen molar-refractivity contribution >= 4 is 5.97 Å². The molecule has 4 heteroatoms. The molecule has 2 aliphatic heterocycles. The molecule has 0 aromatic heterocycles. The van der Waals surface area contributed by atoms with Crippen molar-refractivity contribution in [3.63, 3.8) is 0 Å². The molecule has 0 amide bonds. The summed E-state index contributed by atoms with van der Waals surface area (Å²) >= 11 is 0. The van der Waals surface area contributed by atoms with Gasteiger partial charge in [-0.3, -0.25) is 4.89 Å². The minimum absolute atomic E-state index is 0.0532. The highest BCUT2D eigenvalue weighted by Crippen LogP contribution is 2.37. The van der Waals surface area contributed by atoms with Crippen molar-refractivity contribution in [2.24, 2.45) is 11.8 Å². The van der Waals surface area contributed by atoms with Crippen LogP contribution in [0, 0.1) is 11.8 Å². The number of fused-ring (bicyclic) bond motifs is 3. The third-order valence-electron chi connectivity index (χ3n) is 4.92. The van der Waals surface area contributed by atoms with Crippen LogP contribution in [0.25, 0.3) is 0 Å². The van der Waals surface area contributed by atoms with Crippen LogP contribution in [-0.4, -0.2) is 24.8 Å². The zero-order valence-corrected chi connectivity index (χ0v) is 11.5. The lowest BCUT2D eigenvalue weighted by Crippen LogP contribution is -2.43. The Balaban J connectivity index is 1.37. The van der Waals surface area contributed by atoms with E-state index in [0.29, 0.717) is 18.6 Å². The summed E-state index contributed by atoms with van der Waals surface area (Å²) in [5.41, 5.74) is 0. The van der Waals surface area contributed by atoms with E-state index >= 15 is 0 Å². The van der Waals surface area contributed by atoms with Gasteiger partial charge in [0.15, 0.2) is 0 Å². The number of carbonyl (C=O) groups is 1. The van der Waals surface area contributed by atoms with Crippen LogP contribution in [0.2, 0.25) is 0 Å². The monoisotopic (exact) mass is 268 g/mol. The molecule has 4 fully saturated rings. The second-order valence-corrected chi connectivity index (χ2v) is 6.23. The fourth-order valence-corrected chi connectivity index (χ4v) is 3.70. The van der Waals surface area contributed by atoms with E-state index in [9.17, 15) is 4.79 Å². The topological polar surface area (TPSA) is 44.8 Å². The van der Waals surface area contributed by atoms with Crippen molar-refractivity contribution < 1.29 is 19.3 Å². The SMILES string of the molecule is O=C(OOCC1OC2CCC1CC2)C1CCCCC1. The van der Waals surface area contributed by atoms with Gasteiger partial charge in [0.25, 0.3) is 0 Å². The van der Waals surface area contributed by atoms with Gasteiger partial charge in [-0.25, -0.2) is 4.79 Å². The maximum atomic E-state index is 11.8. The molecule has 2 bridgehead atoms. The summed E-state index contributed by atoms with van der Waals surface area (Å²) in [5.74, 6) is 0.469. The van der Waals surface area contributed by atoms with Crippen LogP contribution in [0.4, 0.5) is 0 Å². The highest BCUT2D eigenvalue weighted by atomic mass is 17.2. The summed E-state index contributed by atoms with van der Waals surface area (Å²) in [6.45, 7) is 0.402. The van der Waals surface area contributed by atoms with Crippen LogP contribution in [0.1, 0.15) is 57.8 Å². The second kappa shape index (κ2) is 6.23. The Morgan fingerprint density at radius 3 is 2.37 bits per heavy atom. The minimum Gasteiger partial charge on any atom is -0.372 e. The second-order valence-electron chi connectivity index (χ2n) is 6.23. The van der Waals surface area contributed by atoms with Gasteiger partial charge in [-0.2, -0.15) is 4.89 Å². The Hall–Kier alpha value is -0.610. The molecule has 0 radical (unpaired) electrons. The molecule has 2 heterocycles. The Morgan fingerprint density at radius 2 is 1.74 bits per heavy atom. The van der Waals surface area contributed by atoms with E-state index in [0.717, 1.165) is 25.7 Å². The van der Waals surface area contributed by atoms with E-state index < -0.39 is 0 Å². The largest absolute Gasteiger partial charge is 0.372 e. The summed E-state index contributed by atoms with van der Waals surface area (Å²) in [6, 6.07) is 0. The van der Waals surface area contributed by atoms with Crippen molar-refractivity contribution in [1.29, 1.82) is 0 Å². The number of hydrogen-bond acceptors (Lipinski definition) is 4. The summed E-state index contributed by atoms with van der Waals surface area (Å²) in [7, 11) is 0. The quantitative estimate of drug-likeness (QED) is 0.581. The molecule has 108 valence electrons. The third kappa shape index (κ3) is 3.29. The van der Waals surface area contributed by atoms with Gasteiger partial charge in [-0.05, 0) is 44.4 Å². The molecule has 1 atom stereocenters. The first kappa shape index (κ1) is 13.4. The molecule has 4 rings (SSSR count). The predicted octanol–water partition coefficient (Wildman–Crippen LogP) is 3.00. The van der Waals surface area contributed by atoms with Gasteiger partial charge >= 0.3 is 5.97 Å². The van der Waals surface area contributed by atoms with E-state index in [4.69, 9.17) is 14.5 Å². The smallest absolute Gasteiger partial charge is 0.345 e. The Labute approximate surface area is 114 Å². The first-order valence-corrected chi connectivity index (χ1v) is 7.81. The van der Waals surface area contributed by atoms with Gasteiger partial charge in [0.2, 0.25) is 0 Å². The molecule has 19 heavy (non-hydrogen) atoms. The molecule has 0 N–H and O–H groups in total. The van der Waals surface area contributed by atoms with Crippen LogP contribution in [0.5, 0.6) is 0 Å². The van der Waals surface area contributed by atoms with Gasteiger partial charge in [-0.15, -0.1) is 0 Å². The lowest BCUT2D eigenvalue weighted by molar-refractivity contribution is -0.299. The first-order valence-electron chi connectivity index (χ1n) is 7.81. The van der Waals surface area contributed by atoms with Crippen LogP contribution >= 0.6 is 0 Å². The summed E-state index contributed by atoms with van der Waals surface area (Å²) in [5, 5.41) is 0. The normalized spacial score (nSPS) is 35.3. The van der Waals surface area contributed by atoms with Gasteiger partial charge in [0.1, 0.15) is 6.61 Å². The van der Waals surface area contributed by atoms with Crippen molar-refractivity contribution in [2.75, 3.05) is 6.61 Å². The molecular weight excluding hydrogens is 244 g/mol. The average Bonchev–Trinajstić information content (AvgIpc) is 2.49. The summed E-state index contributed by atoms with van der Waals surface area (Å²) in [4.78, 5) is 22.0. The fraction of sp³-hybridized carbons (Fsp3) is 0.933. The van der Waals surface area contributed by atoms with E-state index in [1.165, 1.54) is 32.1 Å². The zero-order valence-electron chi connectivity index (χ0n) is 11.5. The lowest BCUT2D eigenvalue weighted by atomic mass is 9.80. The van der Waals surface area contributed by atoms with Crippen LogP contribution in [-0.2, 0) is 19.3 Å². The van der Waals surface area contributed by atoms with Crippen molar-refractivity contribution in [3.05, 3.63) is 0 Å². The first-order chi connectivity index (χ1) is 9.33. The van der Waals surface area contributed by atoms with Crippen molar-refractivity contribution in [3.8, 4) is 0 Å². The van der Waals surface area contributed by atoms with E-state index in [1.807, 2.05) is 0 Å². The number of rotatable bonds is 4. The Bertz CT molecular complexity index is 303. The molecule has 4 aliphatic rings. The Morgan fingerprint density at radius 1 is 1.00 bits per heavy atom. The predicted molar refractivity (Wildman–Crippen MR) is 69.2 cm³/mol. The van der Waals surface area contributed by atoms with Crippen LogP contribution < -0.4 is 0 Å².